The number of halogens is 1. The van der Waals surface area contributed by atoms with Crippen LogP contribution in [0, 0.1) is 0 Å². The monoisotopic (exact) mass is 316 g/mol. The van der Waals surface area contributed by atoms with Crippen LogP contribution < -0.4 is 11.1 Å². The lowest BCUT2D eigenvalue weighted by Gasteiger charge is -2.09. The van der Waals surface area contributed by atoms with Crippen molar-refractivity contribution in [1.29, 1.82) is 0 Å². The predicted octanol–water partition coefficient (Wildman–Crippen LogP) is 1.90. The maximum atomic E-state index is 11.7. The highest BCUT2D eigenvalue weighted by Gasteiger charge is 2.13. The largest absolute Gasteiger partial charge is 0.468 e. The highest BCUT2D eigenvalue weighted by atomic mass is 35.5. The number of rotatable bonds is 7. The third-order valence-electron chi connectivity index (χ3n) is 2.46. The second kappa shape index (κ2) is 8.84. The molecule has 0 saturated heterocycles. The number of nitrogens with one attached hydrogen (secondary N) is 1. The van der Waals surface area contributed by atoms with E-state index in [1.165, 1.54) is 18.9 Å². The van der Waals surface area contributed by atoms with Gasteiger partial charge in [0.05, 0.1) is 23.6 Å². The lowest BCUT2D eigenvalue weighted by molar-refractivity contribution is -0.142. The van der Waals surface area contributed by atoms with E-state index in [4.69, 9.17) is 17.3 Å². The average molecular weight is 317 g/mol. The number of carbonyl (C=O) groups excluding carboxylic acids is 2. The fourth-order valence-corrected chi connectivity index (χ4v) is 2.40. The summed E-state index contributed by atoms with van der Waals surface area (Å²) in [4.78, 5) is 22.8. The van der Waals surface area contributed by atoms with Crippen molar-refractivity contribution in [2.24, 2.45) is 5.73 Å². The Morgan fingerprint density at radius 3 is 2.80 bits per heavy atom. The van der Waals surface area contributed by atoms with Crippen molar-refractivity contribution in [3.8, 4) is 0 Å². The predicted molar refractivity (Wildman–Crippen MR) is 82.0 cm³/mol. The van der Waals surface area contributed by atoms with E-state index in [0.717, 1.165) is 0 Å². The molecule has 0 heterocycles. The number of esters is 1. The number of benzene rings is 1. The summed E-state index contributed by atoms with van der Waals surface area (Å²) >= 11 is 7.33. The zero-order valence-corrected chi connectivity index (χ0v) is 12.7. The van der Waals surface area contributed by atoms with Crippen molar-refractivity contribution in [2.75, 3.05) is 23.9 Å². The summed E-state index contributed by atoms with van der Waals surface area (Å²) in [6, 6.07) is 6.39. The molecule has 1 rings (SSSR count). The van der Waals surface area contributed by atoms with Gasteiger partial charge in [0.25, 0.3) is 0 Å². The molecule has 1 amide bonds. The molecule has 3 N–H and O–H groups in total. The molecular formula is C13H17ClN2O3S. The first-order valence-electron chi connectivity index (χ1n) is 6.00. The van der Waals surface area contributed by atoms with Crippen LogP contribution in [-0.2, 0) is 14.3 Å². The van der Waals surface area contributed by atoms with Crippen molar-refractivity contribution in [1.82, 2.24) is 0 Å². The summed E-state index contributed by atoms with van der Waals surface area (Å²) in [6.07, 6.45) is 0.469. The van der Waals surface area contributed by atoms with Gasteiger partial charge in [0.15, 0.2) is 0 Å². The molecule has 5 nitrogen and oxygen atoms in total. The molecule has 0 aliphatic heterocycles. The van der Waals surface area contributed by atoms with Gasteiger partial charge in [0.1, 0.15) is 6.04 Å². The van der Waals surface area contributed by atoms with Gasteiger partial charge in [0, 0.05) is 0 Å². The maximum Gasteiger partial charge on any atom is 0.322 e. The lowest BCUT2D eigenvalue weighted by atomic mass is 10.2. The maximum absolute atomic E-state index is 11.7. The zero-order chi connectivity index (χ0) is 15.0. The van der Waals surface area contributed by atoms with Gasteiger partial charge in [-0.1, -0.05) is 23.7 Å². The Hall–Kier alpha value is -1.24. The van der Waals surface area contributed by atoms with Crippen LogP contribution in [0.25, 0.3) is 0 Å². The summed E-state index contributed by atoms with van der Waals surface area (Å²) in [7, 11) is 1.30. The molecule has 1 unspecified atom stereocenters. The molecule has 0 aliphatic rings. The first-order chi connectivity index (χ1) is 9.54. The number of amides is 1. The molecule has 1 atom stereocenters. The normalized spacial score (nSPS) is 11.8. The average Bonchev–Trinajstić information content (AvgIpc) is 2.45. The number of hydrogen-bond donors (Lipinski definition) is 2. The van der Waals surface area contributed by atoms with Crippen LogP contribution >= 0.6 is 23.4 Å². The standard InChI is InChI=1S/C13H17ClN2O3S/c1-19-13(18)10(15)6-7-20-8-12(17)16-11-5-3-2-4-9(11)14/h2-5,10H,6-8,15H2,1H3,(H,16,17). The van der Waals surface area contributed by atoms with Gasteiger partial charge in [-0.2, -0.15) is 11.8 Å². The fourth-order valence-electron chi connectivity index (χ4n) is 1.39. The van der Waals surface area contributed by atoms with Gasteiger partial charge >= 0.3 is 5.97 Å². The molecule has 1 aromatic rings. The minimum atomic E-state index is -0.640. The van der Waals surface area contributed by atoms with Crippen molar-refractivity contribution >= 4 is 40.9 Å². The summed E-state index contributed by atoms with van der Waals surface area (Å²) in [5.74, 6) is 0.298. The lowest BCUT2D eigenvalue weighted by Crippen LogP contribution is -2.32. The van der Waals surface area contributed by atoms with Gasteiger partial charge in [0.2, 0.25) is 5.91 Å². The van der Waals surface area contributed by atoms with Crippen molar-refractivity contribution in [3.05, 3.63) is 29.3 Å². The van der Waals surface area contributed by atoms with Crippen LogP contribution in [0.4, 0.5) is 5.69 Å². The van der Waals surface area contributed by atoms with E-state index in [0.29, 0.717) is 22.9 Å². The summed E-state index contributed by atoms with van der Waals surface area (Å²) in [5.41, 5.74) is 6.17. The van der Waals surface area contributed by atoms with Crippen LogP contribution in [-0.4, -0.2) is 36.5 Å². The Labute approximate surface area is 127 Å². The number of thioether (sulfide) groups is 1. The second-order valence-corrected chi connectivity index (χ2v) is 5.51. The van der Waals surface area contributed by atoms with Crippen LogP contribution in [0.1, 0.15) is 6.42 Å². The second-order valence-electron chi connectivity index (χ2n) is 4.00. The van der Waals surface area contributed by atoms with Crippen molar-refractivity contribution < 1.29 is 14.3 Å². The van der Waals surface area contributed by atoms with Crippen LogP contribution in [0.2, 0.25) is 5.02 Å². The Kier molecular flexibility index (Phi) is 7.43. The zero-order valence-electron chi connectivity index (χ0n) is 11.1. The molecule has 0 aliphatic carbocycles. The Balaban J connectivity index is 2.24. The molecule has 0 bridgehead atoms. The molecular weight excluding hydrogens is 300 g/mol. The third-order valence-corrected chi connectivity index (χ3v) is 3.78. The number of methoxy groups -OCH3 is 1. The summed E-state index contributed by atoms with van der Waals surface area (Å²) < 4.78 is 4.52. The number of hydrogen-bond acceptors (Lipinski definition) is 5. The van der Waals surface area contributed by atoms with E-state index in [9.17, 15) is 9.59 Å². The molecule has 110 valence electrons. The molecule has 0 fully saturated rings. The molecule has 20 heavy (non-hydrogen) atoms. The fraction of sp³-hybridized carbons (Fsp3) is 0.385. The van der Waals surface area contributed by atoms with Crippen molar-refractivity contribution in [2.45, 2.75) is 12.5 Å². The third kappa shape index (κ3) is 5.81. The van der Waals surface area contributed by atoms with Gasteiger partial charge < -0.3 is 15.8 Å². The Morgan fingerprint density at radius 2 is 2.15 bits per heavy atom. The Bertz CT molecular complexity index is 471. The topological polar surface area (TPSA) is 81.4 Å². The minimum absolute atomic E-state index is 0.144. The molecule has 0 radical (unpaired) electrons. The van der Waals surface area contributed by atoms with E-state index >= 15 is 0 Å². The molecule has 1 aromatic carbocycles. The highest BCUT2D eigenvalue weighted by Crippen LogP contribution is 2.20. The number of nitrogens with two attached hydrogens (primary N) is 1. The Morgan fingerprint density at radius 1 is 1.45 bits per heavy atom. The van der Waals surface area contributed by atoms with E-state index in [2.05, 4.69) is 10.1 Å². The number of para-hydroxylation sites is 1. The van der Waals surface area contributed by atoms with E-state index in [-0.39, 0.29) is 11.7 Å². The highest BCUT2D eigenvalue weighted by molar-refractivity contribution is 7.99. The molecule has 0 saturated carbocycles. The van der Waals surface area contributed by atoms with E-state index in [1.54, 1.807) is 24.3 Å². The number of ether oxygens (including phenoxy) is 1. The minimum Gasteiger partial charge on any atom is -0.468 e. The van der Waals surface area contributed by atoms with Crippen LogP contribution in [0.15, 0.2) is 24.3 Å². The summed E-state index contributed by atoms with van der Waals surface area (Å²) in [6.45, 7) is 0. The van der Waals surface area contributed by atoms with Crippen LogP contribution in [0.3, 0.4) is 0 Å². The van der Waals surface area contributed by atoms with Gasteiger partial charge in [-0.25, -0.2) is 0 Å². The van der Waals surface area contributed by atoms with E-state index in [1.807, 2.05) is 0 Å². The first-order valence-corrected chi connectivity index (χ1v) is 7.53. The van der Waals surface area contributed by atoms with E-state index < -0.39 is 12.0 Å². The van der Waals surface area contributed by atoms with Crippen LogP contribution in [0.5, 0.6) is 0 Å². The van der Waals surface area contributed by atoms with Gasteiger partial charge in [-0.05, 0) is 24.3 Å². The van der Waals surface area contributed by atoms with Gasteiger partial charge in [-0.3, -0.25) is 9.59 Å². The number of carbonyl (C=O) groups is 2. The summed E-state index contributed by atoms with van der Waals surface area (Å²) in [5, 5.41) is 3.22. The molecule has 0 spiro atoms. The van der Waals surface area contributed by atoms with Gasteiger partial charge in [-0.15, -0.1) is 0 Å². The molecule has 7 heteroatoms. The SMILES string of the molecule is COC(=O)C(N)CCSCC(=O)Nc1ccccc1Cl. The smallest absolute Gasteiger partial charge is 0.322 e. The number of anilines is 1. The quantitative estimate of drug-likeness (QED) is 0.593. The first kappa shape index (κ1) is 16.8. The molecule has 0 aromatic heterocycles. The van der Waals surface area contributed by atoms with Crippen molar-refractivity contribution in [3.63, 3.8) is 0 Å².